The van der Waals surface area contributed by atoms with E-state index in [1.807, 2.05) is 44.2 Å². The van der Waals surface area contributed by atoms with Gasteiger partial charge in [0, 0.05) is 11.5 Å². The molecule has 0 saturated carbocycles. The third-order valence-corrected chi connectivity index (χ3v) is 6.53. The third-order valence-electron chi connectivity index (χ3n) is 6.19. The van der Waals surface area contributed by atoms with Crippen molar-refractivity contribution in [3.05, 3.63) is 46.5 Å². The molecule has 8 heteroatoms. The molecule has 0 aromatic heterocycles. The van der Waals surface area contributed by atoms with Gasteiger partial charge in [-0.2, -0.15) is 0 Å². The van der Waals surface area contributed by atoms with Crippen molar-refractivity contribution in [3.63, 3.8) is 0 Å². The number of hydrogen-bond donors (Lipinski definition) is 0. The molecule has 0 aliphatic carbocycles. The van der Waals surface area contributed by atoms with E-state index in [0.29, 0.717) is 43.1 Å². The smallest absolute Gasteiger partial charge is 0.163 e. The summed E-state index contributed by atoms with van der Waals surface area (Å²) in [5, 5.41) is 0.761. The van der Waals surface area contributed by atoms with Crippen LogP contribution in [0.2, 0.25) is 0 Å². The normalized spacial score (nSPS) is 26.7. The summed E-state index contributed by atoms with van der Waals surface area (Å²) in [6.07, 6.45) is 6.90. The topological polar surface area (TPSA) is 72.5 Å². The van der Waals surface area contributed by atoms with Crippen LogP contribution in [0, 0.1) is 0 Å². The van der Waals surface area contributed by atoms with Crippen LogP contribution in [0.25, 0.3) is 0 Å². The number of methoxy groups -OCH3 is 2. The molecule has 2 heterocycles. The zero-order valence-corrected chi connectivity index (χ0v) is 22.0. The lowest BCUT2D eigenvalue weighted by Gasteiger charge is -2.25. The Morgan fingerprint density at radius 1 is 1.20 bits per heavy atom. The summed E-state index contributed by atoms with van der Waals surface area (Å²) in [6, 6.07) is 5.76. The first-order chi connectivity index (χ1) is 16.7. The number of carbonyl (C=O) groups is 1. The first kappa shape index (κ1) is 27.7. The molecule has 1 aromatic carbocycles. The molecule has 3 rings (SSSR count). The van der Waals surface area contributed by atoms with Crippen molar-refractivity contribution in [2.24, 2.45) is 0 Å². The lowest BCUT2D eigenvalue weighted by Crippen LogP contribution is -2.38. The van der Waals surface area contributed by atoms with E-state index in [-0.39, 0.29) is 24.4 Å². The Labute approximate surface area is 213 Å². The van der Waals surface area contributed by atoms with Crippen LogP contribution in [0.15, 0.2) is 41.0 Å². The summed E-state index contributed by atoms with van der Waals surface area (Å²) in [7, 11) is 3.23. The molecule has 4 atom stereocenters. The average molecular weight is 509 g/mol. The largest absolute Gasteiger partial charge is 0.493 e. The minimum Gasteiger partial charge on any atom is -0.493 e. The molecular weight excluding hydrogens is 472 g/mol. The minimum absolute atomic E-state index is 0.00267. The third kappa shape index (κ3) is 8.05. The highest BCUT2D eigenvalue weighted by Crippen LogP contribution is 2.36. The maximum Gasteiger partial charge on any atom is 0.163 e. The van der Waals surface area contributed by atoms with Gasteiger partial charge in [0.2, 0.25) is 0 Å². The predicted molar refractivity (Wildman–Crippen MR) is 134 cm³/mol. The van der Waals surface area contributed by atoms with E-state index in [2.05, 4.69) is 0 Å². The van der Waals surface area contributed by atoms with Gasteiger partial charge in [0.05, 0.1) is 39.6 Å². The Morgan fingerprint density at radius 2 is 1.97 bits per heavy atom. The molecule has 0 spiro atoms. The Balaban J connectivity index is 1.62. The fourth-order valence-corrected chi connectivity index (χ4v) is 4.51. The Bertz CT molecular complexity index is 911. The second-order valence-corrected chi connectivity index (χ2v) is 9.84. The number of allylic oxidation sites excluding steroid dienone is 4. The van der Waals surface area contributed by atoms with Crippen molar-refractivity contribution in [1.29, 1.82) is 0 Å². The number of benzene rings is 1. The first-order valence-electron chi connectivity index (χ1n) is 12.0. The van der Waals surface area contributed by atoms with Gasteiger partial charge in [0.1, 0.15) is 18.5 Å². The lowest BCUT2D eigenvalue weighted by molar-refractivity contribution is -0.164. The van der Waals surface area contributed by atoms with Crippen molar-refractivity contribution >= 4 is 17.9 Å². The van der Waals surface area contributed by atoms with Crippen LogP contribution in [0.1, 0.15) is 52.0 Å². The highest BCUT2D eigenvalue weighted by Gasteiger charge is 2.46. The molecular formula is C27H37ClO7. The first-order valence-corrected chi connectivity index (χ1v) is 12.4. The molecule has 0 N–H and O–H groups in total. The van der Waals surface area contributed by atoms with Crippen LogP contribution in [0.4, 0.5) is 0 Å². The van der Waals surface area contributed by atoms with Crippen molar-refractivity contribution < 1.29 is 33.2 Å². The van der Waals surface area contributed by atoms with Gasteiger partial charge in [0.25, 0.3) is 0 Å². The van der Waals surface area contributed by atoms with E-state index in [9.17, 15) is 4.79 Å². The molecule has 7 nitrogen and oxygen atoms in total. The highest BCUT2D eigenvalue weighted by atomic mass is 35.5. The summed E-state index contributed by atoms with van der Waals surface area (Å²) >= 11 is 6.41. The van der Waals surface area contributed by atoms with E-state index in [1.54, 1.807) is 21.1 Å². The molecule has 0 bridgehead atoms. The van der Waals surface area contributed by atoms with Gasteiger partial charge in [-0.05, 0) is 63.3 Å². The zero-order chi connectivity index (χ0) is 25.4. The molecule has 0 amide bonds. The second-order valence-electron chi connectivity index (χ2n) is 9.36. The van der Waals surface area contributed by atoms with Gasteiger partial charge in [-0.3, -0.25) is 4.79 Å². The number of aldehydes is 1. The number of rotatable bonds is 12. The number of halogens is 1. The summed E-state index contributed by atoms with van der Waals surface area (Å²) in [6.45, 7) is 6.47. The van der Waals surface area contributed by atoms with Crippen molar-refractivity contribution in [3.8, 4) is 11.5 Å². The highest BCUT2D eigenvalue weighted by molar-refractivity contribution is 6.29. The standard InChI is InChI=1S/C27H37ClO7/c1-18(15-29)7-6-8-20(28)10-11-21-14-24(26(34-21)25-17-33-27(2,3)35-25)32-16-19-9-12-22(30-4)23(13-19)31-5/h7-9,12-13,15,21,24-26H,6,10-11,14,16-17H2,1-5H3/b18-7-,20-8-/t21-,24-,25-,26+/m1/s1. The SMILES string of the molecule is COc1ccc(CO[C@@H]2C[C@@H](CC/C(Cl)=C/C/C=C(/C)C=O)O[C@@H]2[C@H]2COC(C)(C)O2)cc1OC. The quantitative estimate of drug-likeness (QED) is 0.279. The number of carbonyl (C=O) groups excluding carboxylic acids is 1. The molecule has 0 radical (unpaired) electrons. The zero-order valence-electron chi connectivity index (χ0n) is 21.3. The van der Waals surface area contributed by atoms with Crippen molar-refractivity contribution in [2.75, 3.05) is 20.8 Å². The van der Waals surface area contributed by atoms with Gasteiger partial charge in [-0.1, -0.05) is 29.8 Å². The summed E-state index contributed by atoms with van der Waals surface area (Å²) in [4.78, 5) is 10.7. The van der Waals surface area contributed by atoms with Crippen LogP contribution >= 0.6 is 11.6 Å². The average Bonchev–Trinajstić information content (AvgIpc) is 3.43. The minimum atomic E-state index is -0.640. The van der Waals surface area contributed by atoms with E-state index in [4.69, 9.17) is 40.0 Å². The lowest BCUT2D eigenvalue weighted by atomic mass is 10.0. The van der Waals surface area contributed by atoms with E-state index >= 15 is 0 Å². The summed E-state index contributed by atoms with van der Waals surface area (Å²) in [5.74, 6) is 0.706. The van der Waals surface area contributed by atoms with Gasteiger partial charge in [0.15, 0.2) is 17.3 Å². The maximum absolute atomic E-state index is 10.7. The molecule has 1 aromatic rings. The van der Waals surface area contributed by atoms with E-state index in [0.717, 1.165) is 29.7 Å². The monoisotopic (exact) mass is 508 g/mol. The van der Waals surface area contributed by atoms with Crippen LogP contribution < -0.4 is 9.47 Å². The number of ether oxygens (including phenoxy) is 6. The molecule has 194 valence electrons. The van der Waals surface area contributed by atoms with Crippen molar-refractivity contribution in [1.82, 2.24) is 0 Å². The van der Waals surface area contributed by atoms with Crippen molar-refractivity contribution in [2.45, 2.75) is 83.3 Å². The van der Waals surface area contributed by atoms with Crippen LogP contribution in [0.3, 0.4) is 0 Å². The van der Waals surface area contributed by atoms with E-state index < -0.39 is 5.79 Å². The number of hydrogen-bond acceptors (Lipinski definition) is 7. The van der Waals surface area contributed by atoms with E-state index in [1.165, 1.54) is 0 Å². The van der Waals surface area contributed by atoms with Crippen LogP contribution in [0.5, 0.6) is 11.5 Å². The van der Waals surface area contributed by atoms with Crippen LogP contribution in [-0.4, -0.2) is 57.3 Å². The molecule has 0 unspecified atom stereocenters. The van der Waals surface area contributed by atoms with Gasteiger partial charge in [-0.15, -0.1) is 0 Å². The Hall–Kier alpha value is -1.90. The molecule has 2 aliphatic rings. The Morgan fingerprint density at radius 3 is 2.63 bits per heavy atom. The van der Waals surface area contributed by atoms with Gasteiger partial charge >= 0.3 is 0 Å². The molecule has 2 aliphatic heterocycles. The fourth-order valence-electron chi connectivity index (χ4n) is 4.31. The molecule has 35 heavy (non-hydrogen) atoms. The fraction of sp³-hybridized carbons (Fsp3) is 0.593. The maximum atomic E-state index is 10.7. The molecule has 2 saturated heterocycles. The van der Waals surface area contributed by atoms with Gasteiger partial charge in [-0.25, -0.2) is 0 Å². The summed E-state index contributed by atoms with van der Waals surface area (Å²) < 4.78 is 35.4. The predicted octanol–water partition coefficient (Wildman–Crippen LogP) is 5.34. The van der Waals surface area contributed by atoms with Crippen LogP contribution in [-0.2, 0) is 30.3 Å². The van der Waals surface area contributed by atoms with Gasteiger partial charge < -0.3 is 28.4 Å². The molecule has 2 fully saturated rings. The Kier molecular flexibility index (Phi) is 10.2. The summed E-state index contributed by atoms with van der Waals surface area (Å²) in [5.41, 5.74) is 1.68. The second kappa shape index (κ2) is 12.9.